The number of hydrogen-bond donors (Lipinski definition) is 8. The van der Waals surface area contributed by atoms with Crippen LogP contribution >= 0.6 is 0 Å². The van der Waals surface area contributed by atoms with Crippen molar-refractivity contribution in [3.63, 3.8) is 0 Å². The minimum Gasteiger partial charge on any atom is -0.481 e. The fourth-order valence-electron chi connectivity index (χ4n) is 7.09. The minimum absolute atomic E-state index is 0.0000106. The number of aliphatic carboxylic acids is 3. The van der Waals surface area contributed by atoms with Crippen molar-refractivity contribution in [2.75, 3.05) is 78.5 Å². The van der Waals surface area contributed by atoms with Crippen LogP contribution in [0.4, 0.5) is 4.79 Å². The van der Waals surface area contributed by atoms with Crippen molar-refractivity contribution >= 4 is 24.0 Å². The first-order valence-electron chi connectivity index (χ1n) is 17.3. The topological polar surface area (TPSA) is 221 Å². The lowest BCUT2D eigenvalue weighted by Crippen LogP contribution is -2.66. The third-order valence-electron chi connectivity index (χ3n) is 9.51. The van der Waals surface area contributed by atoms with E-state index in [-0.39, 0.29) is 58.2 Å². The summed E-state index contributed by atoms with van der Waals surface area (Å²) in [4.78, 5) is 53.2. The maximum atomic E-state index is 12.8. The highest BCUT2D eigenvalue weighted by atomic mass is 16.4. The Bertz CT molecular complexity index is 1240. The first kappa shape index (κ1) is 40.1. The fraction of sp³-hybridized carbons (Fsp3) is 0.706. The summed E-state index contributed by atoms with van der Waals surface area (Å²) in [6.45, 7) is 6.66. The molecule has 0 radical (unpaired) electrons. The lowest BCUT2D eigenvalue weighted by molar-refractivity contribution is -0.139. The summed E-state index contributed by atoms with van der Waals surface area (Å²) >= 11 is 0. The second-order valence-corrected chi connectivity index (χ2v) is 14.3. The monoisotopic (exact) mass is 691 g/mol. The van der Waals surface area contributed by atoms with Crippen LogP contribution in [-0.2, 0) is 20.9 Å². The molecule has 3 heterocycles. The summed E-state index contributed by atoms with van der Waals surface area (Å²) < 4.78 is 0. The number of nitrogens with two attached hydrogens (primary N) is 1. The zero-order chi connectivity index (χ0) is 36.0. The van der Waals surface area contributed by atoms with Crippen molar-refractivity contribution in [3.05, 3.63) is 35.4 Å². The normalized spacial score (nSPS) is 25.7. The average Bonchev–Trinajstić information content (AvgIpc) is 3.01. The molecule has 0 spiro atoms. The Balaban J connectivity index is 2.09. The molecule has 3 aliphatic rings. The summed E-state index contributed by atoms with van der Waals surface area (Å²) in [5.74, 6) is -2.73. The van der Waals surface area contributed by atoms with Gasteiger partial charge in [-0.15, -0.1) is 0 Å². The summed E-state index contributed by atoms with van der Waals surface area (Å²) in [6.07, 6.45) is 0.750. The molecule has 15 nitrogen and oxygen atoms in total. The Kier molecular flexibility index (Phi) is 15.7. The molecule has 4 rings (SSSR count). The van der Waals surface area contributed by atoms with E-state index in [2.05, 4.69) is 41.9 Å². The van der Waals surface area contributed by atoms with Gasteiger partial charge in [-0.05, 0) is 55.2 Å². The standard InChI is InChI=1S/C34H57N7O8/c1-25(2)28-8-5-27(6-9-28)17-38-34-21-37-12-11-36-20-33(35,22-40(19-31(46)47)14-15-41(24-34)32(48)49)16-26(7-10-29(42)43)4-3-13-39(23-34)18-30(44)45/h5-6,8-9,25-26,36-38H,3-4,7,10-24,35H2,1-2H3,(H,42,43)(H,44,45)(H,46,47)(H,48,49). The molecular formula is C34H57N7O8. The summed E-state index contributed by atoms with van der Waals surface area (Å²) in [7, 11) is 0. The Morgan fingerprint density at radius 2 is 1.51 bits per heavy atom. The molecule has 0 aliphatic carbocycles. The minimum atomic E-state index is -1.17. The maximum absolute atomic E-state index is 12.8. The number of carboxylic acids is 3. The van der Waals surface area contributed by atoms with Crippen LogP contribution in [0.1, 0.15) is 63.0 Å². The highest BCUT2D eigenvalue weighted by Crippen LogP contribution is 2.26. The summed E-state index contributed by atoms with van der Waals surface area (Å²) in [5.41, 5.74) is 7.35. The molecule has 0 aromatic heterocycles. The van der Waals surface area contributed by atoms with E-state index in [0.29, 0.717) is 70.9 Å². The summed E-state index contributed by atoms with van der Waals surface area (Å²) in [5, 5.41) is 50.2. The largest absolute Gasteiger partial charge is 0.481 e. The first-order valence-corrected chi connectivity index (χ1v) is 17.3. The second-order valence-electron chi connectivity index (χ2n) is 14.3. The molecule has 1 amide bonds. The molecule has 15 heteroatoms. The van der Waals surface area contributed by atoms with Crippen molar-refractivity contribution in [1.82, 2.24) is 30.7 Å². The third kappa shape index (κ3) is 14.2. The molecule has 276 valence electrons. The number of rotatable bonds is 11. The zero-order valence-corrected chi connectivity index (χ0v) is 29.0. The van der Waals surface area contributed by atoms with Crippen molar-refractivity contribution in [1.29, 1.82) is 0 Å². The molecule has 49 heavy (non-hydrogen) atoms. The number of carboxylic acid groups (broad SMARTS) is 4. The van der Waals surface area contributed by atoms with Crippen LogP contribution in [-0.4, -0.2) is 149 Å². The highest BCUT2D eigenvalue weighted by molar-refractivity contribution is 5.69. The molecule has 1 aromatic carbocycles. The zero-order valence-electron chi connectivity index (χ0n) is 29.0. The predicted molar refractivity (Wildman–Crippen MR) is 185 cm³/mol. The van der Waals surface area contributed by atoms with Crippen LogP contribution in [0.3, 0.4) is 0 Å². The molecular weight excluding hydrogens is 634 g/mol. The van der Waals surface area contributed by atoms with E-state index >= 15 is 0 Å². The van der Waals surface area contributed by atoms with E-state index in [1.54, 1.807) is 4.90 Å². The smallest absolute Gasteiger partial charge is 0.407 e. The van der Waals surface area contributed by atoms with Crippen LogP contribution in [0.25, 0.3) is 0 Å². The van der Waals surface area contributed by atoms with Crippen LogP contribution in [0, 0.1) is 5.92 Å². The number of carbonyl (C=O) groups is 4. The van der Waals surface area contributed by atoms with Gasteiger partial charge >= 0.3 is 24.0 Å². The second kappa shape index (κ2) is 19.2. The fourth-order valence-corrected chi connectivity index (χ4v) is 7.09. The van der Waals surface area contributed by atoms with Crippen molar-refractivity contribution in [2.24, 2.45) is 11.7 Å². The number of benzene rings is 1. The Morgan fingerprint density at radius 3 is 2.10 bits per heavy atom. The van der Waals surface area contributed by atoms with Gasteiger partial charge in [-0.1, -0.05) is 38.1 Å². The van der Waals surface area contributed by atoms with E-state index in [1.165, 1.54) is 10.5 Å². The van der Waals surface area contributed by atoms with Gasteiger partial charge < -0.3 is 47.0 Å². The van der Waals surface area contributed by atoms with Crippen LogP contribution in [0.5, 0.6) is 0 Å². The van der Waals surface area contributed by atoms with E-state index in [9.17, 15) is 39.6 Å². The summed E-state index contributed by atoms with van der Waals surface area (Å²) in [6, 6.07) is 8.22. The lowest BCUT2D eigenvalue weighted by Gasteiger charge is -2.43. The van der Waals surface area contributed by atoms with Crippen molar-refractivity contribution in [2.45, 2.75) is 69.5 Å². The van der Waals surface area contributed by atoms with Gasteiger partial charge in [0.05, 0.1) is 18.6 Å². The van der Waals surface area contributed by atoms with Crippen molar-refractivity contribution in [3.8, 4) is 0 Å². The third-order valence-corrected chi connectivity index (χ3v) is 9.51. The molecule has 2 bridgehead atoms. The Labute approximate surface area is 289 Å². The van der Waals surface area contributed by atoms with E-state index in [4.69, 9.17) is 5.73 Å². The Morgan fingerprint density at radius 1 is 0.878 bits per heavy atom. The number of fused-ring (bicyclic) bond motifs is 16. The number of amides is 1. The van der Waals surface area contributed by atoms with Gasteiger partial charge in [0, 0.05) is 77.4 Å². The SMILES string of the molecule is CC(C)c1ccc(CNC23CNCCNCC(N)(CC(CCC(=O)O)CCCN(CC(=O)O)C2)CN(CC(=O)O)CCN(C(=O)O)C3)cc1. The number of nitrogens with one attached hydrogen (secondary N) is 3. The van der Waals surface area contributed by atoms with Gasteiger partial charge in [-0.3, -0.25) is 24.2 Å². The molecule has 0 saturated carbocycles. The maximum Gasteiger partial charge on any atom is 0.407 e. The quantitative estimate of drug-likeness (QED) is 0.162. The average molecular weight is 692 g/mol. The number of hydrogen-bond acceptors (Lipinski definition) is 10. The lowest BCUT2D eigenvalue weighted by atomic mass is 9.82. The van der Waals surface area contributed by atoms with Gasteiger partial charge in [0.25, 0.3) is 0 Å². The molecule has 1 aromatic rings. The highest BCUT2D eigenvalue weighted by Gasteiger charge is 2.38. The molecule has 3 unspecified atom stereocenters. The first-order chi connectivity index (χ1) is 23.2. The van der Waals surface area contributed by atoms with Gasteiger partial charge in [0.2, 0.25) is 0 Å². The van der Waals surface area contributed by atoms with E-state index in [1.807, 2.05) is 17.0 Å². The van der Waals surface area contributed by atoms with Gasteiger partial charge in [-0.2, -0.15) is 0 Å². The van der Waals surface area contributed by atoms with E-state index < -0.39 is 35.1 Å². The van der Waals surface area contributed by atoms with Crippen LogP contribution in [0.15, 0.2) is 24.3 Å². The Hall–Kier alpha value is -3.34. The van der Waals surface area contributed by atoms with Gasteiger partial charge in [-0.25, -0.2) is 4.79 Å². The predicted octanol–water partition coefficient (Wildman–Crippen LogP) is 0.947. The molecule has 3 atom stereocenters. The van der Waals surface area contributed by atoms with E-state index in [0.717, 1.165) is 5.56 Å². The molecule has 3 saturated heterocycles. The van der Waals surface area contributed by atoms with Crippen LogP contribution in [0.2, 0.25) is 0 Å². The van der Waals surface area contributed by atoms with Crippen LogP contribution < -0.4 is 21.7 Å². The molecule has 3 aliphatic heterocycles. The molecule has 9 N–H and O–H groups in total. The van der Waals surface area contributed by atoms with Gasteiger partial charge in [0.15, 0.2) is 0 Å². The number of nitrogens with zero attached hydrogens (tertiary/aromatic N) is 3. The van der Waals surface area contributed by atoms with Crippen molar-refractivity contribution < 1.29 is 39.6 Å². The van der Waals surface area contributed by atoms with Gasteiger partial charge in [0.1, 0.15) is 0 Å². The molecule has 3 fully saturated rings.